The maximum Gasteiger partial charge on any atom is 0.336 e. The lowest BCUT2D eigenvalue weighted by Gasteiger charge is -2.17. The van der Waals surface area contributed by atoms with Crippen molar-refractivity contribution in [2.75, 3.05) is 0 Å². The third kappa shape index (κ3) is 4.11. The van der Waals surface area contributed by atoms with Crippen LogP contribution in [0, 0.1) is 20.8 Å². The number of fused-ring (bicyclic) bond motifs is 2. The van der Waals surface area contributed by atoms with Crippen LogP contribution in [0.1, 0.15) is 43.2 Å². The van der Waals surface area contributed by atoms with Crippen LogP contribution >= 0.6 is 0 Å². The smallest absolute Gasteiger partial charge is 0.336 e. The summed E-state index contributed by atoms with van der Waals surface area (Å²) in [6, 6.07) is 11.4. The van der Waals surface area contributed by atoms with Gasteiger partial charge < -0.3 is 13.6 Å². The number of hydrogen-bond acceptors (Lipinski definition) is 5. The fourth-order valence-corrected chi connectivity index (χ4v) is 3.92. The van der Waals surface area contributed by atoms with Crippen molar-refractivity contribution in [3.05, 3.63) is 75.3 Å². The fourth-order valence-electron chi connectivity index (χ4n) is 3.92. The summed E-state index contributed by atoms with van der Waals surface area (Å²) in [5.74, 6) is 0.415. The van der Waals surface area contributed by atoms with Crippen molar-refractivity contribution < 1.29 is 18.4 Å². The van der Waals surface area contributed by atoms with Crippen molar-refractivity contribution in [2.24, 2.45) is 0 Å². The van der Waals surface area contributed by atoms with Gasteiger partial charge in [-0.05, 0) is 70.4 Å². The molecule has 4 rings (SSSR count). The van der Waals surface area contributed by atoms with Crippen LogP contribution in [-0.4, -0.2) is 11.6 Å². The average Bonchev–Trinajstić information content (AvgIpc) is 3.03. The molecule has 0 fully saturated rings. The van der Waals surface area contributed by atoms with Crippen molar-refractivity contribution in [2.45, 2.75) is 47.1 Å². The molecule has 0 aliphatic rings. The second kappa shape index (κ2) is 7.83. The van der Waals surface area contributed by atoms with Crippen molar-refractivity contribution in [1.82, 2.24) is 0 Å². The third-order valence-corrected chi connectivity index (χ3v) is 5.32. The number of hydrogen-bond donors (Lipinski definition) is 0. The van der Waals surface area contributed by atoms with E-state index in [0.717, 1.165) is 44.3 Å². The molecule has 0 atom stereocenters. The Morgan fingerprint density at radius 3 is 2.25 bits per heavy atom. The molecule has 164 valence electrons. The van der Waals surface area contributed by atoms with Gasteiger partial charge in [-0.1, -0.05) is 24.3 Å². The number of ether oxygens (including phenoxy) is 1. The maximum atomic E-state index is 11.9. The lowest BCUT2D eigenvalue weighted by molar-refractivity contribution is -0.148. The molecule has 0 spiro atoms. The van der Waals surface area contributed by atoms with Gasteiger partial charge in [0.2, 0.25) is 0 Å². The summed E-state index contributed by atoms with van der Waals surface area (Å²) >= 11 is 0. The summed E-state index contributed by atoms with van der Waals surface area (Å²) < 4.78 is 16.9. The van der Waals surface area contributed by atoms with Crippen molar-refractivity contribution >= 4 is 34.0 Å². The minimum atomic E-state index is -0.520. The molecule has 0 radical (unpaired) electrons. The van der Waals surface area contributed by atoms with Gasteiger partial charge in [-0.15, -0.1) is 0 Å². The molecule has 0 bridgehead atoms. The number of carbonyl (C=O) groups excluding carboxylic acids is 1. The molecular formula is C27H26O5. The highest BCUT2D eigenvalue weighted by atomic mass is 16.6. The van der Waals surface area contributed by atoms with E-state index in [2.05, 4.69) is 0 Å². The monoisotopic (exact) mass is 430 g/mol. The average molecular weight is 431 g/mol. The summed E-state index contributed by atoms with van der Waals surface area (Å²) in [5, 5.41) is 1.87. The highest BCUT2D eigenvalue weighted by Gasteiger charge is 2.19. The molecule has 0 aliphatic heterocycles. The van der Waals surface area contributed by atoms with E-state index >= 15 is 0 Å². The van der Waals surface area contributed by atoms with E-state index in [9.17, 15) is 9.59 Å². The number of benzene rings is 2. The van der Waals surface area contributed by atoms with Crippen LogP contribution in [0.3, 0.4) is 0 Å². The molecule has 0 N–H and O–H groups in total. The van der Waals surface area contributed by atoms with Gasteiger partial charge >= 0.3 is 11.6 Å². The predicted octanol–water partition coefficient (Wildman–Crippen LogP) is 6.49. The zero-order chi connectivity index (χ0) is 23.2. The molecule has 0 amide bonds. The van der Waals surface area contributed by atoms with Gasteiger partial charge in [0, 0.05) is 34.0 Å². The van der Waals surface area contributed by atoms with E-state index in [0.29, 0.717) is 11.2 Å². The largest absolute Gasteiger partial charge is 0.460 e. The van der Waals surface area contributed by atoms with Crippen molar-refractivity contribution in [3.63, 3.8) is 0 Å². The Morgan fingerprint density at radius 2 is 1.59 bits per heavy atom. The Balaban J connectivity index is 1.75. The predicted molar refractivity (Wildman–Crippen MR) is 127 cm³/mol. The second-order valence-corrected chi connectivity index (χ2v) is 9.03. The van der Waals surface area contributed by atoms with E-state index in [1.54, 1.807) is 6.08 Å². The summed E-state index contributed by atoms with van der Waals surface area (Å²) in [6.07, 6.45) is 3.17. The number of aryl methyl sites for hydroxylation is 3. The van der Waals surface area contributed by atoms with Crippen LogP contribution in [0.5, 0.6) is 0 Å². The zero-order valence-corrected chi connectivity index (χ0v) is 19.2. The van der Waals surface area contributed by atoms with Gasteiger partial charge in [0.1, 0.15) is 22.5 Å². The summed E-state index contributed by atoms with van der Waals surface area (Å²) in [7, 11) is 0. The Kier molecular flexibility index (Phi) is 5.29. The van der Waals surface area contributed by atoms with Crippen LogP contribution in [0.2, 0.25) is 0 Å². The summed E-state index contributed by atoms with van der Waals surface area (Å²) in [6.45, 7) is 11.3. The number of rotatable bonds is 3. The fraction of sp³-hybridized carbons (Fsp3) is 0.259. The summed E-state index contributed by atoms with van der Waals surface area (Å²) in [5.41, 5.74) is 4.97. The highest BCUT2D eigenvalue weighted by Crippen LogP contribution is 2.39. The second-order valence-electron chi connectivity index (χ2n) is 9.03. The Morgan fingerprint density at radius 1 is 0.938 bits per heavy atom. The summed E-state index contributed by atoms with van der Waals surface area (Å²) in [4.78, 5) is 23.8. The molecule has 5 nitrogen and oxygen atoms in total. The topological polar surface area (TPSA) is 69.7 Å². The Labute approximate surface area is 186 Å². The van der Waals surface area contributed by atoms with Gasteiger partial charge in [-0.3, -0.25) is 0 Å². The van der Waals surface area contributed by atoms with Gasteiger partial charge in [0.15, 0.2) is 0 Å². The molecule has 0 saturated carbocycles. The highest BCUT2D eigenvalue weighted by molar-refractivity contribution is 6.05. The SMILES string of the molecule is Cc1oc2c(C)c3oc(=O)cc(C)c3cc2c1-c1ccc(/C=C/C(=O)OC(C)(C)C)cc1. The van der Waals surface area contributed by atoms with E-state index in [4.69, 9.17) is 13.6 Å². The van der Waals surface area contributed by atoms with Crippen molar-refractivity contribution in [3.8, 4) is 11.1 Å². The molecule has 2 heterocycles. The zero-order valence-electron chi connectivity index (χ0n) is 19.2. The van der Waals surface area contributed by atoms with Gasteiger partial charge in [-0.25, -0.2) is 9.59 Å². The Hall–Kier alpha value is -3.60. The molecule has 32 heavy (non-hydrogen) atoms. The van der Waals surface area contributed by atoms with Crippen LogP contribution in [0.4, 0.5) is 0 Å². The molecule has 2 aromatic carbocycles. The Bertz CT molecular complexity index is 1420. The van der Waals surface area contributed by atoms with E-state index in [-0.39, 0.29) is 11.6 Å². The number of carbonyl (C=O) groups is 1. The van der Waals surface area contributed by atoms with Crippen LogP contribution < -0.4 is 5.63 Å². The van der Waals surface area contributed by atoms with E-state index in [1.165, 1.54) is 12.1 Å². The van der Waals surface area contributed by atoms with Gasteiger partial charge in [0.05, 0.1) is 0 Å². The molecule has 2 aromatic heterocycles. The van der Waals surface area contributed by atoms with Gasteiger partial charge in [0.25, 0.3) is 0 Å². The normalized spacial score (nSPS) is 12.2. The van der Waals surface area contributed by atoms with E-state index in [1.807, 2.05) is 71.9 Å². The third-order valence-electron chi connectivity index (χ3n) is 5.32. The van der Waals surface area contributed by atoms with Crippen LogP contribution in [-0.2, 0) is 9.53 Å². The van der Waals surface area contributed by atoms with Crippen molar-refractivity contribution in [1.29, 1.82) is 0 Å². The molecule has 0 unspecified atom stereocenters. The maximum absolute atomic E-state index is 11.9. The molecule has 0 saturated heterocycles. The lowest BCUT2D eigenvalue weighted by Crippen LogP contribution is -2.22. The van der Waals surface area contributed by atoms with Gasteiger partial charge in [-0.2, -0.15) is 0 Å². The van der Waals surface area contributed by atoms with Crippen LogP contribution in [0.15, 0.2) is 56.1 Å². The standard InChI is InChI=1S/C27H26O5/c1-15-13-23(29)31-25-16(2)26-21(14-20(15)25)24(17(3)30-26)19-10-7-18(8-11-19)9-12-22(28)32-27(4,5)6/h7-14H,1-6H3/b12-9+. The first-order chi connectivity index (χ1) is 15.0. The minimum Gasteiger partial charge on any atom is -0.460 e. The number of furan rings is 1. The lowest BCUT2D eigenvalue weighted by atomic mass is 9.97. The number of esters is 1. The minimum absolute atomic E-state index is 0.365. The molecule has 5 heteroatoms. The van der Waals surface area contributed by atoms with Crippen LogP contribution in [0.25, 0.3) is 39.1 Å². The molecule has 0 aliphatic carbocycles. The van der Waals surface area contributed by atoms with E-state index < -0.39 is 5.60 Å². The molecular weight excluding hydrogens is 404 g/mol. The first-order valence-electron chi connectivity index (χ1n) is 10.5. The first-order valence-corrected chi connectivity index (χ1v) is 10.5. The quantitative estimate of drug-likeness (QED) is 0.211. The molecule has 4 aromatic rings. The first kappa shape index (κ1) is 21.6.